The lowest BCUT2D eigenvalue weighted by Crippen LogP contribution is -2.30. The fraction of sp³-hybridized carbons (Fsp3) is 0.222. The van der Waals surface area contributed by atoms with E-state index in [1.165, 1.54) is 44.4 Å². The maximum atomic E-state index is 13.6. The van der Waals surface area contributed by atoms with Gasteiger partial charge in [-0.25, -0.2) is 4.39 Å². The van der Waals surface area contributed by atoms with E-state index in [4.69, 9.17) is 9.47 Å². The third-order valence-corrected chi connectivity index (χ3v) is 3.62. The molecule has 0 bridgehead atoms. The Labute approximate surface area is 154 Å². The summed E-state index contributed by atoms with van der Waals surface area (Å²) < 4.78 is 23.6. The molecule has 0 aliphatic rings. The second kappa shape index (κ2) is 8.75. The average Bonchev–Trinajstić information content (AvgIpc) is 2.63. The van der Waals surface area contributed by atoms with Crippen LogP contribution in [0.1, 0.15) is 12.5 Å². The van der Waals surface area contributed by atoms with Crippen LogP contribution >= 0.6 is 0 Å². The highest BCUT2D eigenvalue weighted by atomic mass is 19.1. The van der Waals surface area contributed by atoms with Crippen molar-refractivity contribution in [3.63, 3.8) is 0 Å². The summed E-state index contributed by atoms with van der Waals surface area (Å²) >= 11 is 0. The fourth-order valence-electron chi connectivity index (χ4n) is 2.22. The molecule has 0 saturated heterocycles. The Hall–Kier alpha value is -3.49. The Morgan fingerprint density at radius 3 is 2.59 bits per heavy atom. The number of benzene rings is 2. The topological polar surface area (TPSA) is 108 Å². The normalized spacial score (nSPS) is 11.4. The molecule has 0 aliphatic heterocycles. The van der Waals surface area contributed by atoms with Gasteiger partial charge in [0.1, 0.15) is 11.6 Å². The lowest BCUT2D eigenvalue weighted by molar-refractivity contribution is -0.384. The van der Waals surface area contributed by atoms with Crippen molar-refractivity contribution in [2.45, 2.75) is 19.4 Å². The number of hydrogen-bond donors (Lipinski definition) is 1. The summed E-state index contributed by atoms with van der Waals surface area (Å²) in [6.45, 7) is 1.35. The highest BCUT2D eigenvalue weighted by Crippen LogP contribution is 2.29. The fourth-order valence-corrected chi connectivity index (χ4v) is 2.22. The molecule has 9 heteroatoms. The lowest BCUT2D eigenvalue weighted by atomic mass is 10.1. The standard InChI is InChI=1S/C18H17FN2O6/c1-11(27-17(22)9-12-5-3-4-6-14(12)19)18(23)20-15-8-7-13(21(24)25)10-16(15)26-2/h3-8,10-11H,9H2,1-2H3,(H,20,23)/t11-/m0/s1. The molecule has 2 aromatic carbocycles. The van der Waals surface area contributed by atoms with E-state index >= 15 is 0 Å². The molecule has 1 amide bonds. The zero-order valence-electron chi connectivity index (χ0n) is 14.6. The molecule has 27 heavy (non-hydrogen) atoms. The minimum atomic E-state index is -1.16. The van der Waals surface area contributed by atoms with Crippen molar-refractivity contribution in [2.24, 2.45) is 0 Å². The van der Waals surface area contributed by atoms with Crippen LogP contribution < -0.4 is 10.1 Å². The van der Waals surface area contributed by atoms with E-state index in [0.717, 1.165) is 6.07 Å². The number of carbonyl (C=O) groups is 2. The predicted molar refractivity (Wildman–Crippen MR) is 93.9 cm³/mol. The number of methoxy groups -OCH3 is 1. The molecule has 1 N–H and O–H groups in total. The van der Waals surface area contributed by atoms with Gasteiger partial charge < -0.3 is 14.8 Å². The second-order valence-corrected chi connectivity index (χ2v) is 5.53. The Morgan fingerprint density at radius 2 is 1.96 bits per heavy atom. The van der Waals surface area contributed by atoms with Crippen LogP contribution in [-0.4, -0.2) is 30.0 Å². The summed E-state index contributed by atoms with van der Waals surface area (Å²) in [5.41, 5.74) is 0.145. The van der Waals surface area contributed by atoms with Crippen LogP contribution in [0.25, 0.3) is 0 Å². The molecule has 0 fully saturated rings. The largest absolute Gasteiger partial charge is 0.494 e. The van der Waals surface area contributed by atoms with Crippen LogP contribution in [-0.2, 0) is 20.7 Å². The molecule has 0 heterocycles. The molecular weight excluding hydrogens is 359 g/mol. The number of anilines is 1. The van der Waals surface area contributed by atoms with Crippen LogP contribution in [0.3, 0.4) is 0 Å². The second-order valence-electron chi connectivity index (χ2n) is 5.53. The third kappa shape index (κ3) is 5.24. The summed E-state index contributed by atoms with van der Waals surface area (Å²) in [5.74, 6) is -1.88. The van der Waals surface area contributed by atoms with E-state index < -0.39 is 28.7 Å². The maximum absolute atomic E-state index is 13.6. The van der Waals surface area contributed by atoms with E-state index in [-0.39, 0.29) is 29.1 Å². The summed E-state index contributed by atoms with van der Waals surface area (Å²) in [6, 6.07) is 9.42. The number of hydrogen-bond acceptors (Lipinski definition) is 6. The van der Waals surface area contributed by atoms with E-state index in [9.17, 15) is 24.1 Å². The predicted octanol–water partition coefficient (Wildman–Crippen LogP) is 2.86. The van der Waals surface area contributed by atoms with Crippen molar-refractivity contribution < 1.29 is 28.4 Å². The first-order valence-corrected chi connectivity index (χ1v) is 7.88. The summed E-state index contributed by atoms with van der Waals surface area (Å²) in [6.07, 6.45) is -1.48. The monoisotopic (exact) mass is 376 g/mol. The first-order chi connectivity index (χ1) is 12.8. The number of halogens is 1. The molecule has 0 unspecified atom stereocenters. The number of nitro groups is 1. The number of rotatable bonds is 7. The number of nitrogens with zero attached hydrogens (tertiary/aromatic N) is 1. The molecule has 2 rings (SSSR count). The van der Waals surface area contributed by atoms with Crippen molar-refractivity contribution in [3.8, 4) is 5.75 Å². The quantitative estimate of drug-likeness (QED) is 0.452. The van der Waals surface area contributed by atoms with Gasteiger partial charge in [-0.15, -0.1) is 0 Å². The summed E-state index contributed by atoms with van der Waals surface area (Å²) in [5, 5.41) is 13.3. The van der Waals surface area contributed by atoms with Gasteiger partial charge in [0.05, 0.1) is 30.2 Å². The molecule has 1 atom stereocenters. The molecule has 0 spiro atoms. The highest BCUT2D eigenvalue weighted by Gasteiger charge is 2.21. The molecule has 2 aromatic rings. The van der Waals surface area contributed by atoms with Crippen molar-refractivity contribution in [2.75, 3.05) is 12.4 Å². The molecule has 0 radical (unpaired) electrons. The Bertz CT molecular complexity index is 871. The first-order valence-electron chi connectivity index (χ1n) is 7.88. The average molecular weight is 376 g/mol. The molecule has 0 aromatic heterocycles. The number of nitrogens with one attached hydrogen (secondary N) is 1. The number of carbonyl (C=O) groups excluding carboxylic acids is 2. The highest BCUT2D eigenvalue weighted by molar-refractivity contribution is 5.96. The number of esters is 1. The number of ether oxygens (including phenoxy) is 2. The van der Waals surface area contributed by atoms with E-state index in [0.29, 0.717) is 0 Å². The molecule has 142 valence electrons. The van der Waals surface area contributed by atoms with Gasteiger partial charge in [0, 0.05) is 6.07 Å². The Kier molecular flexibility index (Phi) is 6.42. The van der Waals surface area contributed by atoms with E-state index in [1.807, 2.05) is 0 Å². The minimum Gasteiger partial charge on any atom is -0.494 e. The summed E-state index contributed by atoms with van der Waals surface area (Å²) in [4.78, 5) is 34.3. The maximum Gasteiger partial charge on any atom is 0.311 e. The SMILES string of the molecule is COc1cc([N+](=O)[O-])ccc1NC(=O)[C@H](C)OC(=O)Cc1ccccc1F. The van der Waals surface area contributed by atoms with Gasteiger partial charge >= 0.3 is 5.97 Å². The zero-order chi connectivity index (χ0) is 20.0. The van der Waals surface area contributed by atoms with Crippen molar-refractivity contribution >= 4 is 23.3 Å². The molecule has 0 aliphatic carbocycles. The zero-order valence-corrected chi connectivity index (χ0v) is 14.6. The Balaban J connectivity index is 2.00. The van der Waals surface area contributed by atoms with E-state index in [2.05, 4.69) is 5.32 Å². The van der Waals surface area contributed by atoms with Crippen LogP contribution in [0.2, 0.25) is 0 Å². The molecule has 8 nitrogen and oxygen atoms in total. The van der Waals surface area contributed by atoms with Gasteiger partial charge in [-0.1, -0.05) is 18.2 Å². The smallest absolute Gasteiger partial charge is 0.311 e. The minimum absolute atomic E-state index is 0.0856. The molecular formula is C18H17FN2O6. The van der Waals surface area contributed by atoms with Crippen molar-refractivity contribution in [1.82, 2.24) is 0 Å². The van der Waals surface area contributed by atoms with E-state index in [1.54, 1.807) is 6.07 Å². The number of nitro benzene ring substituents is 1. The van der Waals surface area contributed by atoms with Gasteiger partial charge in [-0.3, -0.25) is 19.7 Å². The Morgan fingerprint density at radius 1 is 1.26 bits per heavy atom. The van der Waals surface area contributed by atoms with Gasteiger partial charge in [-0.2, -0.15) is 0 Å². The van der Waals surface area contributed by atoms with Crippen LogP contribution in [0.5, 0.6) is 5.75 Å². The number of non-ortho nitro benzene ring substituents is 1. The van der Waals surface area contributed by atoms with Crippen LogP contribution in [0.4, 0.5) is 15.8 Å². The van der Waals surface area contributed by atoms with Crippen LogP contribution in [0.15, 0.2) is 42.5 Å². The van der Waals surface area contributed by atoms with Gasteiger partial charge in [0.25, 0.3) is 11.6 Å². The van der Waals surface area contributed by atoms with Gasteiger partial charge in [0.15, 0.2) is 6.10 Å². The van der Waals surface area contributed by atoms with Crippen molar-refractivity contribution in [1.29, 1.82) is 0 Å². The van der Waals surface area contributed by atoms with Crippen LogP contribution in [0, 0.1) is 15.9 Å². The third-order valence-electron chi connectivity index (χ3n) is 3.62. The van der Waals surface area contributed by atoms with Gasteiger partial charge in [0.2, 0.25) is 0 Å². The summed E-state index contributed by atoms with van der Waals surface area (Å²) in [7, 11) is 1.30. The lowest BCUT2D eigenvalue weighted by Gasteiger charge is -2.15. The first kappa shape index (κ1) is 19.8. The molecule has 0 saturated carbocycles. The number of amides is 1. The van der Waals surface area contributed by atoms with Crippen molar-refractivity contribution in [3.05, 3.63) is 64.0 Å². The van der Waals surface area contributed by atoms with Gasteiger partial charge in [-0.05, 0) is 24.6 Å².